The second-order valence-corrected chi connectivity index (χ2v) is 8.24. The van der Waals surface area contributed by atoms with Gasteiger partial charge in [-0.15, -0.1) is 0 Å². The van der Waals surface area contributed by atoms with Gasteiger partial charge >= 0.3 is 0 Å². The second-order valence-electron chi connectivity index (χ2n) is 5.90. The van der Waals surface area contributed by atoms with Crippen LogP contribution < -0.4 is 0 Å². The molecule has 0 amide bonds. The van der Waals surface area contributed by atoms with Crippen LogP contribution in [-0.2, 0) is 21.4 Å². The maximum absolute atomic E-state index is 12.7. The van der Waals surface area contributed by atoms with Crippen LogP contribution in [0.4, 0.5) is 0 Å². The molecule has 2 rings (SSSR count). The van der Waals surface area contributed by atoms with Crippen molar-refractivity contribution in [2.45, 2.75) is 44.0 Å². The van der Waals surface area contributed by atoms with Gasteiger partial charge in [0.2, 0.25) is 10.0 Å². The summed E-state index contributed by atoms with van der Waals surface area (Å²) in [7, 11) is -3.63. The third-order valence-electron chi connectivity index (χ3n) is 3.36. The van der Waals surface area contributed by atoms with Gasteiger partial charge in [0.15, 0.2) is 0 Å². The van der Waals surface area contributed by atoms with Crippen molar-refractivity contribution in [2.24, 2.45) is 0 Å². The van der Waals surface area contributed by atoms with Crippen LogP contribution in [0.5, 0.6) is 0 Å². The smallest absolute Gasteiger partial charge is 0.243 e. The highest BCUT2D eigenvalue weighted by atomic mass is 35.5. The van der Waals surface area contributed by atoms with Crippen molar-refractivity contribution in [3.05, 3.63) is 28.8 Å². The Morgan fingerprint density at radius 2 is 2.14 bits per heavy atom. The van der Waals surface area contributed by atoms with E-state index in [1.54, 1.807) is 0 Å². The third kappa shape index (κ3) is 3.57. The van der Waals surface area contributed by atoms with Gasteiger partial charge in [-0.05, 0) is 44.5 Å². The van der Waals surface area contributed by atoms with Crippen LogP contribution in [0.15, 0.2) is 23.1 Å². The first-order chi connectivity index (χ1) is 9.65. The number of morpholine rings is 1. The molecule has 0 saturated carbocycles. The highest BCUT2D eigenvalue weighted by Crippen LogP contribution is 2.28. The molecule has 1 aliphatic rings. The largest absolute Gasteiger partial charge is 0.392 e. The summed E-state index contributed by atoms with van der Waals surface area (Å²) in [4.78, 5) is 0.140. The third-order valence-corrected chi connectivity index (χ3v) is 5.54. The minimum Gasteiger partial charge on any atom is -0.392 e. The molecule has 1 aromatic rings. The zero-order valence-electron chi connectivity index (χ0n) is 12.3. The lowest BCUT2D eigenvalue weighted by Gasteiger charge is -2.40. The molecule has 1 unspecified atom stereocenters. The predicted molar refractivity (Wildman–Crippen MR) is 80.8 cm³/mol. The summed E-state index contributed by atoms with van der Waals surface area (Å²) in [5, 5.41) is 9.59. The van der Waals surface area contributed by atoms with E-state index in [9.17, 15) is 13.5 Å². The number of ether oxygens (including phenoxy) is 1. The van der Waals surface area contributed by atoms with Gasteiger partial charge in [-0.25, -0.2) is 8.42 Å². The van der Waals surface area contributed by atoms with Gasteiger partial charge in [-0.2, -0.15) is 4.31 Å². The lowest BCUT2D eigenvalue weighted by molar-refractivity contribution is -0.109. The van der Waals surface area contributed by atoms with Crippen molar-refractivity contribution in [3.8, 4) is 0 Å². The van der Waals surface area contributed by atoms with Crippen molar-refractivity contribution in [3.63, 3.8) is 0 Å². The van der Waals surface area contributed by atoms with E-state index in [1.165, 1.54) is 22.5 Å². The average Bonchev–Trinajstić information content (AvgIpc) is 2.36. The molecule has 0 spiro atoms. The van der Waals surface area contributed by atoms with Gasteiger partial charge in [0, 0.05) is 18.1 Å². The van der Waals surface area contributed by atoms with E-state index in [-0.39, 0.29) is 24.2 Å². The Morgan fingerprint density at radius 1 is 1.48 bits per heavy atom. The Morgan fingerprint density at radius 3 is 2.71 bits per heavy atom. The lowest BCUT2D eigenvalue weighted by Crippen LogP contribution is -2.53. The molecule has 1 heterocycles. The number of aliphatic hydroxyl groups excluding tert-OH is 1. The van der Waals surface area contributed by atoms with E-state index in [0.717, 1.165) is 0 Å². The fourth-order valence-electron chi connectivity index (χ4n) is 2.56. The predicted octanol–water partition coefficient (Wildman–Crippen LogP) is 2.02. The Bertz CT molecular complexity index is 630. The Labute approximate surface area is 130 Å². The number of benzene rings is 1. The van der Waals surface area contributed by atoms with E-state index in [1.807, 2.05) is 20.8 Å². The van der Waals surface area contributed by atoms with E-state index in [0.29, 0.717) is 17.1 Å². The molecule has 1 aliphatic heterocycles. The van der Waals surface area contributed by atoms with Crippen molar-refractivity contribution in [1.82, 2.24) is 4.31 Å². The Kier molecular flexibility index (Phi) is 4.66. The molecule has 1 aromatic carbocycles. The minimum atomic E-state index is -3.63. The van der Waals surface area contributed by atoms with Crippen LogP contribution in [0.25, 0.3) is 0 Å². The van der Waals surface area contributed by atoms with Gasteiger partial charge in [0.05, 0.1) is 23.2 Å². The zero-order chi connectivity index (χ0) is 15.8. The minimum absolute atomic E-state index is 0.140. The quantitative estimate of drug-likeness (QED) is 0.919. The topological polar surface area (TPSA) is 66.8 Å². The van der Waals surface area contributed by atoms with Crippen molar-refractivity contribution < 1.29 is 18.3 Å². The van der Waals surface area contributed by atoms with Gasteiger partial charge in [-0.1, -0.05) is 11.6 Å². The van der Waals surface area contributed by atoms with Gasteiger partial charge in [-0.3, -0.25) is 0 Å². The molecule has 1 atom stereocenters. The average molecular weight is 334 g/mol. The summed E-state index contributed by atoms with van der Waals surface area (Å²) in [6.07, 6.45) is -0.173. The molecular weight excluding hydrogens is 314 g/mol. The highest BCUT2D eigenvalue weighted by Gasteiger charge is 2.38. The molecule has 21 heavy (non-hydrogen) atoms. The highest BCUT2D eigenvalue weighted by molar-refractivity contribution is 7.89. The molecule has 118 valence electrons. The van der Waals surface area contributed by atoms with Gasteiger partial charge < -0.3 is 9.84 Å². The summed E-state index contributed by atoms with van der Waals surface area (Å²) in [6.45, 7) is 5.88. The van der Waals surface area contributed by atoms with Crippen LogP contribution in [-0.4, -0.2) is 42.6 Å². The molecule has 1 N–H and O–H groups in total. The number of aliphatic hydroxyl groups is 1. The van der Waals surface area contributed by atoms with Crippen LogP contribution in [0.3, 0.4) is 0 Å². The Balaban J connectivity index is 2.37. The molecule has 5 nitrogen and oxygen atoms in total. The van der Waals surface area contributed by atoms with Crippen LogP contribution in [0.1, 0.15) is 26.3 Å². The van der Waals surface area contributed by atoms with Crippen molar-refractivity contribution >= 4 is 21.6 Å². The fraction of sp³-hybridized carbons (Fsp3) is 0.571. The summed E-state index contributed by atoms with van der Waals surface area (Å²) >= 11 is 5.91. The molecule has 0 radical (unpaired) electrons. The van der Waals surface area contributed by atoms with Gasteiger partial charge in [0.25, 0.3) is 0 Å². The normalized spacial score (nSPS) is 23.2. The van der Waals surface area contributed by atoms with E-state index in [2.05, 4.69) is 0 Å². The standard InChI is InChI=1S/C14H20ClNO4S/c1-10-7-16(9-14(2,3)20-10)21(18,19)12-4-5-13(15)11(6-12)8-17/h4-6,10,17H,7-9H2,1-3H3. The fourth-order valence-corrected chi connectivity index (χ4v) is 4.45. The van der Waals surface area contributed by atoms with Crippen LogP contribution >= 0.6 is 11.6 Å². The molecule has 0 bridgehead atoms. The molecule has 1 fully saturated rings. The summed E-state index contributed by atoms with van der Waals surface area (Å²) in [5.41, 5.74) is -0.130. The van der Waals surface area contributed by atoms with E-state index in [4.69, 9.17) is 16.3 Å². The lowest BCUT2D eigenvalue weighted by atomic mass is 10.1. The number of sulfonamides is 1. The maximum Gasteiger partial charge on any atom is 0.243 e. The summed E-state index contributed by atoms with van der Waals surface area (Å²) < 4.78 is 32.6. The molecule has 7 heteroatoms. The summed E-state index contributed by atoms with van der Waals surface area (Å²) in [6, 6.07) is 4.38. The van der Waals surface area contributed by atoms with Crippen molar-refractivity contribution in [1.29, 1.82) is 0 Å². The number of rotatable bonds is 3. The van der Waals surface area contributed by atoms with Gasteiger partial charge in [0.1, 0.15) is 0 Å². The SMILES string of the molecule is CC1CN(S(=O)(=O)c2ccc(Cl)c(CO)c2)CC(C)(C)O1. The zero-order valence-corrected chi connectivity index (χ0v) is 13.9. The first-order valence-electron chi connectivity index (χ1n) is 6.73. The monoisotopic (exact) mass is 333 g/mol. The number of halogens is 1. The molecule has 0 aromatic heterocycles. The number of hydrogen-bond donors (Lipinski definition) is 1. The number of nitrogens with zero attached hydrogens (tertiary/aromatic N) is 1. The van der Waals surface area contributed by atoms with E-state index < -0.39 is 15.6 Å². The second kappa shape index (κ2) is 5.85. The molecule has 1 saturated heterocycles. The summed E-state index contributed by atoms with van der Waals surface area (Å²) in [5.74, 6) is 0. The van der Waals surface area contributed by atoms with Crippen molar-refractivity contribution in [2.75, 3.05) is 13.1 Å². The first-order valence-corrected chi connectivity index (χ1v) is 8.55. The Hall–Kier alpha value is -0.660. The van der Waals surface area contributed by atoms with Crippen LogP contribution in [0, 0.1) is 0 Å². The molecular formula is C14H20ClNO4S. The van der Waals surface area contributed by atoms with E-state index >= 15 is 0 Å². The first kappa shape index (κ1) is 16.7. The number of hydrogen-bond acceptors (Lipinski definition) is 4. The molecule has 0 aliphatic carbocycles. The van der Waals surface area contributed by atoms with Crippen LogP contribution in [0.2, 0.25) is 5.02 Å². The maximum atomic E-state index is 12.7.